The van der Waals surface area contributed by atoms with Crippen molar-refractivity contribution in [3.63, 3.8) is 0 Å². The fourth-order valence-corrected chi connectivity index (χ4v) is 2.06. The number of carbonyl (C=O) groups excluding carboxylic acids is 1. The molecule has 0 bridgehead atoms. The minimum Gasteiger partial charge on any atom is -0.486 e. The smallest absolute Gasteiger partial charge is 0.224 e. The first kappa shape index (κ1) is 13.7. The van der Waals surface area contributed by atoms with E-state index in [1.165, 1.54) is 0 Å². The van der Waals surface area contributed by atoms with Crippen molar-refractivity contribution in [2.24, 2.45) is 0 Å². The maximum Gasteiger partial charge on any atom is 0.224 e. The third-order valence-electron chi connectivity index (χ3n) is 3.02. The zero-order chi connectivity index (χ0) is 13.8. The van der Waals surface area contributed by atoms with Crippen molar-refractivity contribution in [1.82, 2.24) is 0 Å². The van der Waals surface area contributed by atoms with Gasteiger partial charge >= 0.3 is 0 Å². The third-order valence-corrected chi connectivity index (χ3v) is 3.02. The first-order valence-electron chi connectivity index (χ1n) is 6.56. The van der Waals surface area contributed by atoms with Crippen LogP contribution in [-0.2, 0) is 16.0 Å². The van der Waals surface area contributed by atoms with Crippen molar-refractivity contribution in [3.8, 4) is 5.75 Å². The summed E-state index contributed by atoms with van der Waals surface area (Å²) in [4.78, 5) is 11.4. The Hall–Kier alpha value is -1.75. The van der Waals surface area contributed by atoms with Crippen LogP contribution in [0.5, 0.6) is 5.75 Å². The van der Waals surface area contributed by atoms with E-state index >= 15 is 0 Å². The molecule has 1 amide bonds. The van der Waals surface area contributed by atoms with E-state index in [1.54, 1.807) is 6.07 Å². The maximum absolute atomic E-state index is 11.4. The van der Waals surface area contributed by atoms with E-state index in [2.05, 4.69) is 5.32 Å². The number of rotatable bonds is 5. The molecule has 1 aromatic rings. The molecule has 1 heterocycles. The monoisotopic (exact) mass is 264 g/mol. The Morgan fingerprint density at radius 3 is 2.95 bits per heavy atom. The molecule has 0 fully saturated rings. The van der Waals surface area contributed by atoms with Gasteiger partial charge in [0.1, 0.15) is 11.9 Å². The molecule has 0 radical (unpaired) electrons. The first-order valence-corrected chi connectivity index (χ1v) is 6.56. The second kappa shape index (κ2) is 5.93. The summed E-state index contributed by atoms with van der Waals surface area (Å²) < 4.78 is 11.0. The highest BCUT2D eigenvalue weighted by atomic mass is 16.5. The molecule has 1 aliphatic rings. The van der Waals surface area contributed by atoms with Crippen LogP contribution in [0.15, 0.2) is 12.1 Å². The number of benzene rings is 1. The van der Waals surface area contributed by atoms with Crippen molar-refractivity contribution in [2.45, 2.75) is 32.8 Å². The Labute approximate surface area is 113 Å². The minimum atomic E-state index is -0.0837. The highest BCUT2D eigenvalue weighted by Crippen LogP contribution is 2.33. The predicted molar refractivity (Wildman–Crippen MR) is 74.4 cm³/mol. The van der Waals surface area contributed by atoms with Crippen LogP contribution in [0.2, 0.25) is 0 Å². The van der Waals surface area contributed by atoms with Gasteiger partial charge in [-0.1, -0.05) is 0 Å². The number of aryl methyl sites for hydroxylation is 1. The predicted octanol–water partition coefficient (Wildman–Crippen LogP) is 1.96. The molecule has 0 saturated carbocycles. The van der Waals surface area contributed by atoms with Crippen LogP contribution in [0, 0.1) is 0 Å². The van der Waals surface area contributed by atoms with E-state index in [0.717, 1.165) is 17.7 Å². The number of amides is 1. The Morgan fingerprint density at radius 2 is 2.21 bits per heavy atom. The number of fused-ring (bicyclic) bond motifs is 1. The zero-order valence-corrected chi connectivity index (χ0v) is 11.4. The number of anilines is 2. The first-order chi connectivity index (χ1) is 9.10. The number of nitrogen functional groups attached to an aromatic ring is 1. The summed E-state index contributed by atoms with van der Waals surface area (Å²) in [5, 5.41) is 2.84. The molecule has 1 aliphatic heterocycles. The van der Waals surface area contributed by atoms with Crippen molar-refractivity contribution in [3.05, 3.63) is 17.7 Å². The number of hydrogen-bond acceptors (Lipinski definition) is 4. The van der Waals surface area contributed by atoms with Crippen molar-refractivity contribution in [2.75, 3.05) is 24.3 Å². The van der Waals surface area contributed by atoms with E-state index in [1.807, 2.05) is 19.9 Å². The largest absolute Gasteiger partial charge is 0.486 e. The van der Waals surface area contributed by atoms with E-state index in [-0.39, 0.29) is 12.0 Å². The summed E-state index contributed by atoms with van der Waals surface area (Å²) in [6.45, 7) is 5.03. The van der Waals surface area contributed by atoms with E-state index in [9.17, 15) is 4.79 Å². The zero-order valence-electron chi connectivity index (χ0n) is 11.4. The lowest BCUT2D eigenvalue weighted by atomic mass is 10.0. The Balaban J connectivity index is 2.12. The van der Waals surface area contributed by atoms with Gasteiger partial charge in [-0.2, -0.15) is 0 Å². The highest BCUT2D eigenvalue weighted by molar-refractivity contribution is 5.94. The van der Waals surface area contributed by atoms with Gasteiger partial charge in [0, 0.05) is 24.8 Å². The Morgan fingerprint density at radius 1 is 1.42 bits per heavy atom. The van der Waals surface area contributed by atoms with Crippen LogP contribution in [-0.4, -0.2) is 25.2 Å². The molecule has 3 N–H and O–H groups in total. The van der Waals surface area contributed by atoms with Crippen LogP contribution in [0.1, 0.15) is 25.8 Å². The second-order valence-electron chi connectivity index (χ2n) is 4.68. The number of nitrogens with one attached hydrogen (secondary N) is 1. The summed E-state index contributed by atoms with van der Waals surface area (Å²) in [5.74, 6) is 0.624. The number of carbonyl (C=O) groups is 1. The number of hydrogen-bond donors (Lipinski definition) is 2. The Bertz CT molecular complexity index is 474. The molecule has 1 aromatic carbocycles. The van der Waals surface area contributed by atoms with E-state index in [4.69, 9.17) is 15.2 Å². The van der Waals surface area contributed by atoms with Gasteiger partial charge in [-0.05, 0) is 31.9 Å². The lowest BCUT2D eigenvalue weighted by Crippen LogP contribution is -2.22. The van der Waals surface area contributed by atoms with Crippen LogP contribution in [0.4, 0.5) is 11.4 Å². The average molecular weight is 264 g/mol. The van der Waals surface area contributed by atoms with E-state index < -0.39 is 0 Å². The molecular formula is C14H20N2O3. The average Bonchev–Trinajstić information content (AvgIpc) is 2.38. The van der Waals surface area contributed by atoms with Gasteiger partial charge < -0.3 is 20.5 Å². The fourth-order valence-electron chi connectivity index (χ4n) is 2.06. The maximum atomic E-state index is 11.4. The molecule has 0 aromatic heterocycles. The Kier molecular flexibility index (Phi) is 4.27. The summed E-state index contributed by atoms with van der Waals surface area (Å²) in [7, 11) is 0. The van der Waals surface area contributed by atoms with Gasteiger partial charge in [0.25, 0.3) is 0 Å². The number of nitrogens with two attached hydrogens (primary N) is 1. The molecular weight excluding hydrogens is 244 g/mol. The topological polar surface area (TPSA) is 73.6 Å². The third kappa shape index (κ3) is 3.38. The van der Waals surface area contributed by atoms with Gasteiger partial charge in [0.15, 0.2) is 0 Å². The van der Waals surface area contributed by atoms with Crippen LogP contribution >= 0.6 is 0 Å². The quantitative estimate of drug-likeness (QED) is 0.797. The van der Waals surface area contributed by atoms with Crippen LogP contribution < -0.4 is 15.8 Å². The number of ether oxygens (including phenoxy) is 2. The fraction of sp³-hybridized carbons (Fsp3) is 0.500. The molecule has 0 aliphatic carbocycles. The molecule has 5 nitrogen and oxygen atoms in total. The summed E-state index contributed by atoms with van der Waals surface area (Å²) in [6.07, 6.45) is 1.15. The molecule has 2 rings (SSSR count). The SMILES string of the molecule is CCOCC(C)Oc1cc2c(cc1N)CCC(=O)N2. The van der Waals surface area contributed by atoms with Crippen molar-refractivity contribution in [1.29, 1.82) is 0 Å². The molecule has 1 unspecified atom stereocenters. The lowest BCUT2D eigenvalue weighted by molar-refractivity contribution is -0.116. The van der Waals surface area contributed by atoms with E-state index in [0.29, 0.717) is 31.1 Å². The van der Waals surface area contributed by atoms with Crippen molar-refractivity contribution < 1.29 is 14.3 Å². The normalized spacial score (nSPS) is 15.6. The second-order valence-corrected chi connectivity index (χ2v) is 4.68. The van der Waals surface area contributed by atoms with Gasteiger partial charge in [-0.15, -0.1) is 0 Å². The van der Waals surface area contributed by atoms with Gasteiger partial charge in [0.2, 0.25) is 5.91 Å². The lowest BCUT2D eigenvalue weighted by Gasteiger charge is -2.21. The molecule has 19 heavy (non-hydrogen) atoms. The molecule has 0 spiro atoms. The standard InChI is InChI=1S/C14H20N2O3/c1-3-18-8-9(2)19-13-7-12-10(6-11(13)15)4-5-14(17)16-12/h6-7,9H,3-5,8,15H2,1-2H3,(H,16,17). The summed E-state index contributed by atoms with van der Waals surface area (Å²) in [5.41, 5.74) is 8.43. The molecule has 104 valence electrons. The van der Waals surface area contributed by atoms with Crippen LogP contribution in [0.3, 0.4) is 0 Å². The minimum absolute atomic E-state index is 0.0330. The molecule has 1 atom stereocenters. The van der Waals surface area contributed by atoms with Gasteiger partial charge in [-0.3, -0.25) is 4.79 Å². The van der Waals surface area contributed by atoms with Crippen LogP contribution in [0.25, 0.3) is 0 Å². The van der Waals surface area contributed by atoms with Crippen molar-refractivity contribution >= 4 is 17.3 Å². The van der Waals surface area contributed by atoms with Gasteiger partial charge in [0.05, 0.1) is 12.3 Å². The summed E-state index contributed by atoms with van der Waals surface area (Å²) in [6, 6.07) is 3.67. The highest BCUT2D eigenvalue weighted by Gasteiger charge is 2.18. The molecule has 0 saturated heterocycles. The molecule has 5 heteroatoms. The summed E-state index contributed by atoms with van der Waals surface area (Å²) >= 11 is 0. The van der Waals surface area contributed by atoms with Gasteiger partial charge in [-0.25, -0.2) is 0 Å².